The van der Waals surface area contributed by atoms with Crippen LogP contribution in [0.1, 0.15) is 30.2 Å². The Morgan fingerprint density at radius 3 is 2.56 bits per heavy atom. The van der Waals surface area contributed by atoms with E-state index < -0.39 is 0 Å². The average Bonchev–Trinajstić information content (AvgIpc) is 2.48. The van der Waals surface area contributed by atoms with Crippen LogP contribution >= 0.6 is 11.8 Å². The first kappa shape index (κ1) is 13.0. The summed E-state index contributed by atoms with van der Waals surface area (Å²) in [4.78, 5) is 0. The van der Waals surface area contributed by atoms with Crippen molar-refractivity contribution < 1.29 is 0 Å². The largest absolute Gasteiger partial charge is 0.384 e. The molecule has 0 aliphatic carbocycles. The molecule has 0 aliphatic rings. The van der Waals surface area contributed by atoms with Crippen LogP contribution in [0.4, 0.5) is 5.82 Å². The molecule has 1 atom stereocenters. The maximum Gasteiger partial charge on any atom is 0.122 e. The molecule has 1 unspecified atom stereocenters. The van der Waals surface area contributed by atoms with Crippen LogP contribution < -0.4 is 5.73 Å². The van der Waals surface area contributed by atoms with Crippen LogP contribution in [0.2, 0.25) is 0 Å². The zero-order valence-electron chi connectivity index (χ0n) is 10.4. The van der Waals surface area contributed by atoms with Gasteiger partial charge < -0.3 is 10.3 Å². The van der Waals surface area contributed by atoms with Gasteiger partial charge in [0.1, 0.15) is 11.9 Å². The lowest BCUT2D eigenvalue weighted by molar-refractivity contribution is 0.636. The summed E-state index contributed by atoms with van der Waals surface area (Å²) in [5.41, 5.74) is 8.73. The lowest BCUT2D eigenvalue weighted by atomic mass is 10.2. The van der Waals surface area contributed by atoms with E-state index in [1.54, 1.807) is 0 Å². The van der Waals surface area contributed by atoms with Gasteiger partial charge in [-0.1, -0.05) is 6.92 Å². The van der Waals surface area contributed by atoms with Gasteiger partial charge in [0.15, 0.2) is 0 Å². The highest BCUT2D eigenvalue weighted by molar-refractivity contribution is 7.99. The lowest BCUT2D eigenvalue weighted by Gasteiger charge is -2.12. The van der Waals surface area contributed by atoms with Gasteiger partial charge in [-0.05, 0) is 32.1 Å². The van der Waals surface area contributed by atoms with E-state index in [2.05, 4.69) is 23.8 Å². The van der Waals surface area contributed by atoms with Gasteiger partial charge in [0, 0.05) is 17.5 Å². The Morgan fingerprint density at radius 1 is 1.50 bits per heavy atom. The Morgan fingerprint density at radius 2 is 2.12 bits per heavy atom. The van der Waals surface area contributed by atoms with Crippen molar-refractivity contribution >= 4 is 17.6 Å². The fourth-order valence-corrected chi connectivity index (χ4v) is 2.09. The van der Waals surface area contributed by atoms with E-state index >= 15 is 0 Å². The van der Waals surface area contributed by atoms with Gasteiger partial charge in [-0.25, -0.2) is 0 Å². The third kappa shape index (κ3) is 2.35. The maximum atomic E-state index is 9.01. The average molecular weight is 237 g/mol. The summed E-state index contributed by atoms with van der Waals surface area (Å²) in [7, 11) is 0. The fourth-order valence-electron chi connectivity index (χ4n) is 1.75. The van der Waals surface area contributed by atoms with E-state index in [0.717, 1.165) is 24.2 Å². The molecule has 88 valence electrons. The van der Waals surface area contributed by atoms with Crippen LogP contribution in [0.25, 0.3) is 0 Å². The zero-order chi connectivity index (χ0) is 12.3. The normalized spacial score (nSPS) is 12.4. The Kier molecular flexibility index (Phi) is 4.31. The van der Waals surface area contributed by atoms with Crippen LogP contribution in [0.5, 0.6) is 0 Å². The Hall–Kier alpha value is -1.08. The van der Waals surface area contributed by atoms with Crippen LogP contribution in [0.15, 0.2) is 0 Å². The summed E-state index contributed by atoms with van der Waals surface area (Å²) in [6.07, 6.45) is 3.19. The molecule has 1 aromatic heterocycles. The molecule has 0 amide bonds. The van der Waals surface area contributed by atoms with E-state index in [4.69, 9.17) is 11.0 Å². The van der Waals surface area contributed by atoms with E-state index in [-0.39, 0.29) is 0 Å². The quantitative estimate of drug-likeness (QED) is 0.876. The second-order valence-electron chi connectivity index (χ2n) is 4.07. The molecule has 0 saturated carbocycles. The minimum atomic E-state index is 0.616. The molecule has 2 N–H and O–H groups in total. The van der Waals surface area contributed by atoms with Crippen molar-refractivity contribution in [3.63, 3.8) is 0 Å². The van der Waals surface area contributed by atoms with Crippen LogP contribution in [-0.2, 0) is 6.54 Å². The third-order valence-corrected chi connectivity index (χ3v) is 4.18. The molecule has 3 nitrogen and oxygen atoms in total. The van der Waals surface area contributed by atoms with Gasteiger partial charge in [-0.2, -0.15) is 17.0 Å². The number of nitrogen functional groups attached to an aromatic ring is 1. The van der Waals surface area contributed by atoms with Crippen LogP contribution in [-0.4, -0.2) is 16.1 Å². The summed E-state index contributed by atoms with van der Waals surface area (Å²) in [5.74, 6) is 0.616. The highest BCUT2D eigenvalue weighted by atomic mass is 32.2. The van der Waals surface area contributed by atoms with Crippen molar-refractivity contribution in [1.82, 2.24) is 4.57 Å². The lowest BCUT2D eigenvalue weighted by Crippen LogP contribution is -2.09. The van der Waals surface area contributed by atoms with Crippen molar-refractivity contribution in [3.8, 4) is 6.07 Å². The second-order valence-corrected chi connectivity index (χ2v) is 5.35. The number of nitriles is 1. The summed E-state index contributed by atoms with van der Waals surface area (Å²) in [6.45, 7) is 7.08. The van der Waals surface area contributed by atoms with Crippen LogP contribution in [0.3, 0.4) is 0 Å². The standard InChI is InChI=1S/C12H19N3S/c1-8(16-4)5-6-15-10(3)9(2)11(7-13)12(15)14/h8H,5-6,14H2,1-4H3. The highest BCUT2D eigenvalue weighted by Crippen LogP contribution is 2.24. The number of anilines is 1. The van der Waals surface area contributed by atoms with Gasteiger partial charge in [0.05, 0.1) is 5.56 Å². The van der Waals surface area contributed by atoms with E-state index in [0.29, 0.717) is 16.6 Å². The van der Waals surface area contributed by atoms with Gasteiger partial charge in [-0.3, -0.25) is 0 Å². The molecule has 0 aromatic carbocycles. The molecular formula is C12H19N3S. The molecule has 16 heavy (non-hydrogen) atoms. The number of thioether (sulfide) groups is 1. The van der Waals surface area contributed by atoms with Crippen molar-refractivity contribution in [2.75, 3.05) is 12.0 Å². The van der Waals surface area contributed by atoms with Gasteiger partial charge in [0.2, 0.25) is 0 Å². The topological polar surface area (TPSA) is 54.7 Å². The molecule has 1 heterocycles. The van der Waals surface area contributed by atoms with Crippen LogP contribution in [0, 0.1) is 25.2 Å². The molecule has 1 aromatic rings. The van der Waals surface area contributed by atoms with Gasteiger partial charge in [-0.15, -0.1) is 0 Å². The summed E-state index contributed by atoms with van der Waals surface area (Å²) < 4.78 is 2.06. The third-order valence-electron chi connectivity index (χ3n) is 3.14. The van der Waals surface area contributed by atoms with Crippen molar-refractivity contribution in [2.45, 2.75) is 39.0 Å². The predicted octanol–water partition coefficient (Wildman–Crippen LogP) is 2.70. The summed E-state index contributed by atoms with van der Waals surface area (Å²) >= 11 is 1.85. The molecule has 0 radical (unpaired) electrons. The number of hydrogen-bond donors (Lipinski definition) is 1. The fraction of sp³-hybridized carbons (Fsp3) is 0.583. The molecule has 0 fully saturated rings. The first-order valence-electron chi connectivity index (χ1n) is 5.41. The number of nitrogens with two attached hydrogens (primary N) is 1. The monoisotopic (exact) mass is 237 g/mol. The zero-order valence-corrected chi connectivity index (χ0v) is 11.2. The summed E-state index contributed by atoms with van der Waals surface area (Å²) in [5, 5.41) is 9.63. The van der Waals surface area contributed by atoms with Crippen molar-refractivity contribution in [3.05, 3.63) is 16.8 Å². The molecular weight excluding hydrogens is 218 g/mol. The molecule has 1 rings (SSSR count). The van der Waals surface area contributed by atoms with Gasteiger partial charge >= 0.3 is 0 Å². The second kappa shape index (κ2) is 5.31. The van der Waals surface area contributed by atoms with E-state index in [9.17, 15) is 0 Å². The first-order valence-corrected chi connectivity index (χ1v) is 6.69. The number of aromatic nitrogens is 1. The minimum absolute atomic E-state index is 0.616. The molecule has 0 bridgehead atoms. The Balaban J connectivity index is 2.94. The Bertz CT molecular complexity index is 415. The molecule has 4 heteroatoms. The number of nitrogens with zero attached hydrogens (tertiary/aromatic N) is 2. The number of rotatable bonds is 4. The highest BCUT2D eigenvalue weighted by Gasteiger charge is 2.15. The molecule has 0 aliphatic heterocycles. The molecule has 0 saturated heterocycles. The summed E-state index contributed by atoms with van der Waals surface area (Å²) in [6, 6.07) is 2.18. The predicted molar refractivity (Wildman–Crippen MR) is 70.6 cm³/mol. The van der Waals surface area contributed by atoms with Gasteiger partial charge in [0.25, 0.3) is 0 Å². The maximum absolute atomic E-state index is 9.01. The Labute approximate surface area is 102 Å². The molecule has 0 spiro atoms. The van der Waals surface area contributed by atoms with Crippen molar-refractivity contribution in [2.24, 2.45) is 0 Å². The minimum Gasteiger partial charge on any atom is -0.384 e. The number of hydrogen-bond acceptors (Lipinski definition) is 3. The van der Waals surface area contributed by atoms with E-state index in [1.165, 1.54) is 0 Å². The first-order chi connectivity index (χ1) is 7.52. The SMILES string of the molecule is CSC(C)CCn1c(C)c(C)c(C#N)c1N. The smallest absolute Gasteiger partial charge is 0.122 e. The van der Waals surface area contributed by atoms with E-state index in [1.807, 2.05) is 25.6 Å². The van der Waals surface area contributed by atoms with Crippen molar-refractivity contribution in [1.29, 1.82) is 5.26 Å².